The van der Waals surface area contributed by atoms with Crippen LogP contribution in [-0.2, 0) is 12.8 Å². The number of hydrogen-bond donors (Lipinski definition) is 0. The normalized spacial score (nSPS) is 10.9. The zero-order chi connectivity index (χ0) is 14.8. The highest BCUT2D eigenvalue weighted by atomic mass is 16.6. The Morgan fingerprint density at radius 3 is 2.57 bits per heavy atom. The Morgan fingerprint density at radius 1 is 1.10 bits per heavy atom. The van der Waals surface area contributed by atoms with E-state index in [4.69, 9.17) is 4.42 Å². The molecule has 106 valence electrons. The summed E-state index contributed by atoms with van der Waals surface area (Å²) in [5, 5.41) is 11.8. The van der Waals surface area contributed by atoms with Crippen LogP contribution >= 0.6 is 0 Å². The second-order valence-corrected chi connectivity index (χ2v) is 5.08. The van der Waals surface area contributed by atoms with Gasteiger partial charge >= 0.3 is 0 Å². The second-order valence-electron chi connectivity index (χ2n) is 5.08. The van der Waals surface area contributed by atoms with E-state index < -0.39 is 0 Å². The lowest BCUT2D eigenvalue weighted by molar-refractivity contribution is -0.385. The standard InChI is InChI=1S/C17H15NO3/c1-12-15-11-14(8-7-13-5-3-2-4-6-13)21-17(15)10-9-16(12)18(19)20/h2-6,9-11H,7-8H2,1H3. The number of hydrogen-bond acceptors (Lipinski definition) is 3. The lowest BCUT2D eigenvalue weighted by atomic mass is 10.1. The van der Waals surface area contributed by atoms with Gasteiger partial charge < -0.3 is 4.42 Å². The Labute approximate surface area is 122 Å². The van der Waals surface area contributed by atoms with E-state index in [-0.39, 0.29) is 10.6 Å². The predicted molar refractivity (Wildman–Crippen MR) is 81.5 cm³/mol. The molecule has 2 aromatic carbocycles. The highest BCUT2D eigenvalue weighted by Gasteiger charge is 2.15. The van der Waals surface area contributed by atoms with Gasteiger partial charge in [-0.1, -0.05) is 30.3 Å². The maximum Gasteiger partial charge on any atom is 0.273 e. The van der Waals surface area contributed by atoms with Crippen molar-refractivity contribution in [1.29, 1.82) is 0 Å². The molecule has 0 aliphatic heterocycles. The van der Waals surface area contributed by atoms with Crippen LogP contribution in [-0.4, -0.2) is 4.92 Å². The van der Waals surface area contributed by atoms with E-state index in [1.54, 1.807) is 13.0 Å². The van der Waals surface area contributed by atoms with E-state index in [9.17, 15) is 10.1 Å². The summed E-state index contributed by atoms with van der Waals surface area (Å²) < 4.78 is 5.78. The molecule has 0 aliphatic rings. The number of nitrogens with zero attached hydrogens (tertiary/aromatic N) is 1. The first-order chi connectivity index (χ1) is 10.1. The Balaban J connectivity index is 1.87. The van der Waals surface area contributed by atoms with Gasteiger partial charge in [0, 0.05) is 23.4 Å². The topological polar surface area (TPSA) is 56.3 Å². The number of aryl methyl sites for hydroxylation is 3. The van der Waals surface area contributed by atoms with Crippen LogP contribution in [0.4, 0.5) is 5.69 Å². The van der Waals surface area contributed by atoms with Gasteiger partial charge in [-0.15, -0.1) is 0 Å². The molecule has 1 heterocycles. The summed E-state index contributed by atoms with van der Waals surface area (Å²) in [5.41, 5.74) is 2.76. The third kappa shape index (κ3) is 2.65. The van der Waals surface area contributed by atoms with Gasteiger partial charge in [0.25, 0.3) is 5.69 Å². The van der Waals surface area contributed by atoms with E-state index in [0.29, 0.717) is 11.1 Å². The number of benzene rings is 2. The Morgan fingerprint density at radius 2 is 1.86 bits per heavy atom. The van der Waals surface area contributed by atoms with Gasteiger partial charge in [0.2, 0.25) is 0 Å². The van der Waals surface area contributed by atoms with Gasteiger partial charge in [0.1, 0.15) is 11.3 Å². The minimum absolute atomic E-state index is 0.137. The number of nitro groups is 1. The first kappa shape index (κ1) is 13.4. The molecule has 1 aromatic heterocycles. The quantitative estimate of drug-likeness (QED) is 0.525. The van der Waals surface area contributed by atoms with Crippen molar-refractivity contribution in [3.63, 3.8) is 0 Å². The monoisotopic (exact) mass is 281 g/mol. The molecule has 0 spiro atoms. The summed E-state index contributed by atoms with van der Waals surface area (Å²) in [6.07, 6.45) is 1.67. The minimum atomic E-state index is -0.356. The van der Waals surface area contributed by atoms with Gasteiger partial charge in [-0.25, -0.2) is 0 Å². The first-order valence-corrected chi connectivity index (χ1v) is 6.85. The van der Waals surface area contributed by atoms with Crippen molar-refractivity contribution in [1.82, 2.24) is 0 Å². The van der Waals surface area contributed by atoms with Crippen LogP contribution in [0.1, 0.15) is 16.9 Å². The SMILES string of the molecule is Cc1c([N+](=O)[O-])ccc2oc(CCc3ccccc3)cc12. The number of nitro benzene ring substituents is 1. The summed E-state index contributed by atoms with van der Waals surface area (Å²) >= 11 is 0. The molecule has 0 saturated heterocycles. The average molecular weight is 281 g/mol. The van der Waals surface area contributed by atoms with Crippen LogP contribution in [0, 0.1) is 17.0 Å². The molecule has 0 atom stereocenters. The van der Waals surface area contributed by atoms with Crippen molar-refractivity contribution in [2.45, 2.75) is 19.8 Å². The van der Waals surface area contributed by atoms with Crippen LogP contribution in [0.25, 0.3) is 11.0 Å². The van der Waals surface area contributed by atoms with E-state index in [2.05, 4.69) is 12.1 Å². The lowest BCUT2D eigenvalue weighted by Crippen LogP contribution is -1.91. The molecule has 0 amide bonds. The third-order valence-corrected chi connectivity index (χ3v) is 3.69. The van der Waals surface area contributed by atoms with Crippen LogP contribution in [0.5, 0.6) is 0 Å². The summed E-state index contributed by atoms with van der Waals surface area (Å²) in [5.74, 6) is 0.859. The molecule has 0 fully saturated rings. The Kier molecular flexibility index (Phi) is 3.44. The molecule has 0 unspecified atom stereocenters. The minimum Gasteiger partial charge on any atom is -0.461 e. The van der Waals surface area contributed by atoms with Crippen molar-refractivity contribution >= 4 is 16.7 Å². The largest absolute Gasteiger partial charge is 0.461 e. The summed E-state index contributed by atoms with van der Waals surface area (Å²) in [7, 11) is 0. The van der Waals surface area contributed by atoms with Crippen molar-refractivity contribution in [2.75, 3.05) is 0 Å². The van der Waals surface area contributed by atoms with Crippen LogP contribution in [0.3, 0.4) is 0 Å². The fourth-order valence-electron chi connectivity index (χ4n) is 2.53. The zero-order valence-corrected chi connectivity index (χ0v) is 11.7. The van der Waals surface area contributed by atoms with Crippen molar-refractivity contribution in [2.24, 2.45) is 0 Å². The van der Waals surface area contributed by atoms with Gasteiger partial charge in [-0.05, 0) is 31.0 Å². The highest BCUT2D eigenvalue weighted by Crippen LogP contribution is 2.29. The fraction of sp³-hybridized carbons (Fsp3) is 0.176. The summed E-state index contributed by atoms with van der Waals surface area (Å²) in [6.45, 7) is 1.76. The third-order valence-electron chi connectivity index (χ3n) is 3.69. The molecular weight excluding hydrogens is 266 g/mol. The van der Waals surface area contributed by atoms with Gasteiger partial charge in [-0.2, -0.15) is 0 Å². The van der Waals surface area contributed by atoms with Crippen LogP contribution in [0.2, 0.25) is 0 Å². The van der Waals surface area contributed by atoms with Crippen molar-refractivity contribution in [3.8, 4) is 0 Å². The molecule has 21 heavy (non-hydrogen) atoms. The smallest absolute Gasteiger partial charge is 0.273 e. The van der Waals surface area contributed by atoms with Crippen molar-refractivity contribution in [3.05, 3.63) is 75.5 Å². The Bertz CT molecular complexity index is 790. The number of rotatable bonds is 4. The maximum absolute atomic E-state index is 11.0. The molecule has 0 aliphatic carbocycles. The molecule has 0 radical (unpaired) electrons. The molecule has 4 heteroatoms. The zero-order valence-electron chi connectivity index (χ0n) is 11.7. The van der Waals surface area contributed by atoms with Crippen LogP contribution in [0.15, 0.2) is 52.9 Å². The first-order valence-electron chi connectivity index (χ1n) is 6.85. The van der Waals surface area contributed by atoms with Crippen LogP contribution < -0.4 is 0 Å². The second kappa shape index (κ2) is 5.40. The average Bonchev–Trinajstić information content (AvgIpc) is 2.90. The molecule has 3 aromatic rings. The number of furan rings is 1. The molecule has 3 rings (SSSR count). The molecule has 0 N–H and O–H groups in total. The summed E-state index contributed by atoms with van der Waals surface area (Å²) in [4.78, 5) is 10.6. The van der Waals surface area contributed by atoms with Gasteiger partial charge in [0.05, 0.1) is 4.92 Å². The van der Waals surface area contributed by atoms with Crippen molar-refractivity contribution < 1.29 is 9.34 Å². The fourth-order valence-corrected chi connectivity index (χ4v) is 2.53. The maximum atomic E-state index is 11.0. The Hall–Kier alpha value is -2.62. The number of fused-ring (bicyclic) bond motifs is 1. The van der Waals surface area contributed by atoms with E-state index in [1.165, 1.54) is 11.6 Å². The van der Waals surface area contributed by atoms with Gasteiger partial charge in [-0.3, -0.25) is 10.1 Å². The highest BCUT2D eigenvalue weighted by molar-refractivity contribution is 5.85. The molecular formula is C17H15NO3. The van der Waals surface area contributed by atoms with Gasteiger partial charge in [0.15, 0.2) is 0 Å². The van der Waals surface area contributed by atoms with E-state index in [1.807, 2.05) is 24.3 Å². The van der Waals surface area contributed by atoms with E-state index in [0.717, 1.165) is 24.0 Å². The molecule has 0 saturated carbocycles. The predicted octanol–water partition coefficient (Wildman–Crippen LogP) is 4.43. The molecule has 4 nitrogen and oxygen atoms in total. The lowest BCUT2D eigenvalue weighted by Gasteiger charge is -1.97. The van der Waals surface area contributed by atoms with E-state index >= 15 is 0 Å². The molecule has 0 bridgehead atoms. The summed E-state index contributed by atoms with van der Waals surface area (Å²) in [6, 6.07) is 15.3.